The average molecular weight is 420 g/mol. The van der Waals surface area contributed by atoms with Gasteiger partial charge in [-0.25, -0.2) is 4.99 Å². The Bertz CT molecular complexity index is 911. The van der Waals surface area contributed by atoms with Crippen molar-refractivity contribution in [3.63, 3.8) is 0 Å². The van der Waals surface area contributed by atoms with E-state index in [9.17, 15) is 4.79 Å². The van der Waals surface area contributed by atoms with Gasteiger partial charge in [0.15, 0.2) is 5.72 Å². The molecule has 0 bridgehead atoms. The Labute approximate surface area is 182 Å². The van der Waals surface area contributed by atoms with Crippen LogP contribution in [0.1, 0.15) is 30.5 Å². The fourth-order valence-electron chi connectivity index (χ4n) is 3.63. The van der Waals surface area contributed by atoms with Gasteiger partial charge in [0, 0.05) is 24.9 Å². The predicted molar refractivity (Wildman–Crippen MR) is 123 cm³/mol. The third-order valence-corrected chi connectivity index (χ3v) is 5.13. The Morgan fingerprint density at radius 3 is 2.26 bits per heavy atom. The van der Waals surface area contributed by atoms with Crippen LogP contribution in [0.15, 0.2) is 89.7 Å². The summed E-state index contributed by atoms with van der Waals surface area (Å²) in [4.78, 5) is 15.5. The molecule has 1 aliphatic rings. The molecule has 3 rings (SSSR count). The quantitative estimate of drug-likeness (QED) is 0.204. The number of carbonyl (C=O) groups is 1. The van der Waals surface area contributed by atoms with E-state index in [1.54, 1.807) is 0 Å². The van der Waals surface area contributed by atoms with Gasteiger partial charge in [0.25, 0.3) is 0 Å². The number of carbonyl (C=O) groups excluding carboxylic acids is 1. The van der Waals surface area contributed by atoms with Gasteiger partial charge in [-0.3, -0.25) is 4.79 Å². The minimum Gasteiger partial charge on any atom is -0.383 e. The second kappa shape index (κ2) is 10.1. The van der Waals surface area contributed by atoms with E-state index in [2.05, 4.69) is 22.2 Å². The Kier molecular flexibility index (Phi) is 7.23. The Hall–Kier alpha value is -3.42. The molecule has 2 unspecified atom stereocenters. The van der Waals surface area contributed by atoms with Crippen LogP contribution in [-0.2, 0) is 9.53 Å². The van der Waals surface area contributed by atoms with Crippen LogP contribution < -0.4 is 22.1 Å². The van der Waals surface area contributed by atoms with E-state index in [1.807, 2.05) is 67.6 Å². The van der Waals surface area contributed by atoms with Crippen LogP contribution in [0.5, 0.6) is 0 Å². The first-order valence-corrected chi connectivity index (χ1v) is 10.1. The lowest BCUT2D eigenvalue weighted by Gasteiger charge is -2.42. The number of nitrogens with two attached hydrogens (primary N) is 2. The fraction of sp³-hybridized carbons (Fsp3) is 0.250. The van der Waals surface area contributed by atoms with Crippen LogP contribution in [0, 0.1) is 0 Å². The van der Waals surface area contributed by atoms with E-state index in [0.29, 0.717) is 30.6 Å². The molecular formula is C24H29N5O2. The van der Waals surface area contributed by atoms with Gasteiger partial charge >= 0.3 is 0 Å². The molecule has 7 heteroatoms. The number of nitrogens with zero attached hydrogens (tertiary/aromatic N) is 1. The molecule has 1 amide bonds. The van der Waals surface area contributed by atoms with E-state index in [4.69, 9.17) is 16.2 Å². The van der Waals surface area contributed by atoms with Gasteiger partial charge in [-0.2, -0.15) is 0 Å². The topological polar surface area (TPSA) is 115 Å². The molecule has 0 spiro atoms. The summed E-state index contributed by atoms with van der Waals surface area (Å²) >= 11 is 0. The summed E-state index contributed by atoms with van der Waals surface area (Å²) < 4.78 is 5.74. The van der Waals surface area contributed by atoms with Crippen molar-refractivity contribution in [1.82, 2.24) is 10.6 Å². The second-order valence-corrected chi connectivity index (χ2v) is 7.57. The number of amides is 1. The van der Waals surface area contributed by atoms with Crippen molar-refractivity contribution in [3.05, 3.63) is 95.8 Å². The predicted octanol–water partition coefficient (Wildman–Crippen LogP) is 2.33. The number of ether oxygens (including phenoxy) is 1. The van der Waals surface area contributed by atoms with Gasteiger partial charge in [0.05, 0.1) is 17.7 Å². The Morgan fingerprint density at radius 1 is 1.23 bits per heavy atom. The molecule has 1 saturated heterocycles. The molecule has 1 fully saturated rings. The van der Waals surface area contributed by atoms with Gasteiger partial charge in [-0.1, -0.05) is 67.2 Å². The molecule has 6 N–H and O–H groups in total. The van der Waals surface area contributed by atoms with Gasteiger partial charge in [0.1, 0.15) is 5.84 Å². The summed E-state index contributed by atoms with van der Waals surface area (Å²) in [5, 5.41) is 5.98. The third-order valence-electron chi connectivity index (χ3n) is 5.13. The first-order chi connectivity index (χ1) is 15.0. The molecule has 7 nitrogen and oxygen atoms in total. The number of nitrogens with one attached hydrogen (secondary N) is 2. The fourth-order valence-corrected chi connectivity index (χ4v) is 3.63. The number of hydrogen-bond acceptors (Lipinski definition) is 5. The Morgan fingerprint density at radius 2 is 1.77 bits per heavy atom. The van der Waals surface area contributed by atoms with Crippen molar-refractivity contribution in [2.75, 3.05) is 6.54 Å². The van der Waals surface area contributed by atoms with Crippen molar-refractivity contribution >= 4 is 12.2 Å². The van der Waals surface area contributed by atoms with Crippen LogP contribution in [0.4, 0.5) is 0 Å². The molecule has 2 aromatic rings. The van der Waals surface area contributed by atoms with Crippen molar-refractivity contribution < 1.29 is 9.53 Å². The molecule has 0 aliphatic carbocycles. The monoisotopic (exact) mass is 419 g/mol. The molecule has 1 aliphatic heterocycles. The van der Waals surface area contributed by atoms with Gasteiger partial charge in [-0.15, -0.1) is 0 Å². The largest absolute Gasteiger partial charge is 0.383 e. The van der Waals surface area contributed by atoms with E-state index in [1.165, 1.54) is 6.20 Å². The lowest BCUT2D eigenvalue weighted by Crippen LogP contribution is -2.51. The summed E-state index contributed by atoms with van der Waals surface area (Å²) in [6.45, 7) is 6.45. The van der Waals surface area contributed by atoms with Gasteiger partial charge in [-0.05, 0) is 18.1 Å². The summed E-state index contributed by atoms with van der Waals surface area (Å²) in [6, 6.07) is 19.9. The van der Waals surface area contributed by atoms with Crippen molar-refractivity contribution in [3.8, 4) is 0 Å². The number of amidine groups is 1. The van der Waals surface area contributed by atoms with Crippen LogP contribution in [0.3, 0.4) is 0 Å². The second-order valence-electron chi connectivity index (χ2n) is 7.57. The van der Waals surface area contributed by atoms with Crippen LogP contribution >= 0.6 is 0 Å². The molecule has 0 saturated carbocycles. The highest BCUT2D eigenvalue weighted by Crippen LogP contribution is 2.33. The zero-order valence-corrected chi connectivity index (χ0v) is 17.6. The summed E-state index contributed by atoms with van der Waals surface area (Å²) in [6.07, 6.45) is 2.70. The highest BCUT2D eigenvalue weighted by molar-refractivity contribution is 6.01. The zero-order chi connectivity index (χ0) is 22.3. The third kappa shape index (κ3) is 5.59. The number of hydrogen-bond donors (Lipinski definition) is 4. The molecule has 31 heavy (non-hydrogen) atoms. The first kappa shape index (κ1) is 22.3. The molecule has 162 valence electrons. The highest BCUT2D eigenvalue weighted by Gasteiger charge is 2.41. The average Bonchev–Trinajstić information content (AvgIpc) is 2.77. The molecule has 2 aromatic carbocycles. The molecule has 0 radical (unpaired) electrons. The van der Waals surface area contributed by atoms with Gasteiger partial charge < -0.3 is 26.8 Å². The maximum atomic E-state index is 10.9. The lowest BCUT2D eigenvalue weighted by molar-refractivity contribution is -0.184. The molecular weight excluding hydrogens is 390 g/mol. The number of aliphatic imine (C=N–C) groups is 1. The maximum Gasteiger partial charge on any atom is 0.211 e. The minimum absolute atomic E-state index is 0.0241. The van der Waals surface area contributed by atoms with E-state index < -0.39 is 5.72 Å². The summed E-state index contributed by atoms with van der Waals surface area (Å²) in [5.74, 6) is 0.213. The summed E-state index contributed by atoms with van der Waals surface area (Å²) in [7, 11) is 0. The van der Waals surface area contributed by atoms with Crippen molar-refractivity contribution in [1.29, 1.82) is 0 Å². The normalized spacial score (nSPS) is 21.3. The molecule has 1 heterocycles. The van der Waals surface area contributed by atoms with E-state index in [-0.39, 0.29) is 18.0 Å². The van der Waals surface area contributed by atoms with Gasteiger partial charge in [0.2, 0.25) is 6.41 Å². The number of rotatable bonds is 10. The Balaban J connectivity index is 1.87. The maximum absolute atomic E-state index is 10.9. The minimum atomic E-state index is -0.743. The molecule has 0 aromatic heterocycles. The summed E-state index contributed by atoms with van der Waals surface area (Å²) in [5.41, 5.74) is 14.3. The van der Waals surface area contributed by atoms with Crippen LogP contribution in [0.25, 0.3) is 0 Å². The first-order valence-electron chi connectivity index (χ1n) is 10.1. The molecule has 2 atom stereocenters. The smallest absolute Gasteiger partial charge is 0.211 e. The number of benzene rings is 2. The lowest BCUT2D eigenvalue weighted by atomic mass is 9.97. The SMILES string of the molecule is C=C(NC(c1ccccc1)c1ccccc1)C(=C/NC=O)/C(N)=N\C1(C)CC(CN)O1. The van der Waals surface area contributed by atoms with Crippen LogP contribution in [-0.4, -0.2) is 30.6 Å². The van der Waals surface area contributed by atoms with Crippen LogP contribution in [0.2, 0.25) is 0 Å². The van der Waals surface area contributed by atoms with Crippen molar-refractivity contribution in [2.45, 2.75) is 31.2 Å². The highest BCUT2D eigenvalue weighted by atomic mass is 16.5. The van der Waals surface area contributed by atoms with E-state index >= 15 is 0 Å². The van der Waals surface area contributed by atoms with Crippen molar-refractivity contribution in [2.24, 2.45) is 16.5 Å². The van der Waals surface area contributed by atoms with E-state index in [0.717, 1.165) is 11.1 Å². The standard InChI is InChI=1S/C24H29N5O2/c1-17(21(15-27-16-30)23(26)29-24(2)13-20(14-25)31-24)28-22(18-9-5-3-6-10-18)19-11-7-4-8-12-19/h3-12,15-16,20,22,28H,1,13-14,25H2,2H3,(H2,26,29)(H,27,30)/b21-15-. The zero-order valence-electron chi connectivity index (χ0n) is 17.6.